The van der Waals surface area contributed by atoms with Crippen LogP contribution in [0.25, 0.3) is 0 Å². The van der Waals surface area contributed by atoms with Crippen molar-refractivity contribution in [1.29, 1.82) is 0 Å². The number of nitrogens with one attached hydrogen (secondary N) is 1. The molecule has 1 saturated carbocycles. The van der Waals surface area contributed by atoms with Crippen LogP contribution in [-0.4, -0.2) is 32.3 Å². The molecule has 2 bridgehead atoms. The number of carbonyl (C=O) groups is 2. The molecule has 1 amide bonds. The van der Waals surface area contributed by atoms with Crippen molar-refractivity contribution < 1.29 is 19.1 Å². The van der Waals surface area contributed by atoms with Crippen molar-refractivity contribution in [2.24, 2.45) is 17.3 Å². The predicted octanol–water partition coefficient (Wildman–Crippen LogP) is 1.49. The average Bonchev–Trinajstić information content (AvgIpc) is 2.94. The number of carbonyl (C=O) groups excluding carboxylic acids is 2. The number of hydrogen-bond donors (Lipinski definition) is 1. The van der Waals surface area contributed by atoms with Crippen LogP contribution in [0.5, 0.6) is 0 Å². The smallest absolute Gasteiger partial charge is 0.408 e. The Hall–Kier alpha value is -1.36. The summed E-state index contributed by atoms with van der Waals surface area (Å²) in [4.78, 5) is 23.3. The van der Waals surface area contributed by atoms with Crippen molar-refractivity contribution in [3.8, 4) is 0 Å². The monoisotopic (exact) mass is 253 g/mol. The molecule has 18 heavy (non-hydrogen) atoms. The maximum absolute atomic E-state index is 11.9. The maximum atomic E-state index is 11.9. The first-order valence-electron chi connectivity index (χ1n) is 6.17. The maximum Gasteiger partial charge on any atom is 0.408 e. The van der Waals surface area contributed by atoms with Crippen LogP contribution in [0.4, 0.5) is 4.79 Å². The minimum Gasteiger partial charge on any atom is -0.448 e. The van der Waals surface area contributed by atoms with E-state index in [4.69, 9.17) is 9.47 Å². The van der Waals surface area contributed by atoms with Gasteiger partial charge in [-0.3, -0.25) is 10.1 Å². The van der Waals surface area contributed by atoms with Gasteiger partial charge in [0.15, 0.2) is 0 Å². The third-order valence-corrected chi connectivity index (χ3v) is 4.03. The normalized spacial score (nSPS) is 32.6. The van der Waals surface area contributed by atoms with E-state index < -0.39 is 11.5 Å². The molecule has 0 aromatic carbocycles. The molecule has 100 valence electrons. The Bertz CT molecular complexity index is 379. The Balaban J connectivity index is 1.94. The van der Waals surface area contributed by atoms with E-state index in [0.29, 0.717) is 5.92 Å². The summed E-state index contributed by atoms with van der Waals surface area (Å²) < 4.78 is 9.88. The molecule has 1 N–H and O–H groups in total. The first-order chi connectivity index (χ1) is 8.58. The van der Waals surface area contributed by atoms with Gasteiger partial charge in [0.05, 0.1) is 5.41 Å². The molecule has 0 aromatic heterocycles. The molecular weight excluding hydrogens is 234 g/mol. The van der Waals surface area contributed by atoms with Gasteiger partial charge in [-0.25, -0.2) is 4.79 Å². The Kier molecular flexibility index (Phi) is 3.71. The molecule has 0 spiro atoms. The summed E-state index contributed by atoms with van der Waals surface area (Å²) >= 11 is 0. The van der Waals surface area contributed by atoms with Gasteiger partial charge in [-0.15, -0.1) is 0 Å². The fourth-order valence-corrected chi connectivity index (χ4v) is 3.00. The van der Waals surface area contributed by atoms with E-state index in [1.807, 2.05) is 0 Å². The molecule has 5 heteroatoms. The highest BCUT2D eigenvalue weighted by Crippen LogP contribution is 2.52. The number of rotatable bonds is 5. The molecule has 1 fully saturated rings. The van der Waals surface area contributed by atoms with E-state index in [1.165, 1.54) is 7.11 Å². The van der Waals surface area contributed by atoms with Gasteiger partial charge < -0.3 is 9.47 Å². The van der Waals surface area contributed by atoms with E-state index in [2.05, 4.69) is 17.5 Å². The van der Waals surface area contributed by atoms with Gasteiger partial charge in [0.1, 0.15) is 19.1 Å². The lowest BCUT2D eigenvalue weighted by Crippen LogP contribution is -2.40. The zero-order valence-corrected chi connectivity index (χ0v) is 10.8. The fraction of sp³-hybridized carbons (Fsp3) is 0.692. The summed E-state index contributed by atoms with van der Waals surface area (Å²) in [5.41, 5.74) is -0.510. The Labute approximate surface area is 107 Å². The third-order valence-electron chi connectivity index (χ3n) is 4.03. The van der Waals surface area contributed by atoms with Crippen molar-refractivity contribution in [2.75, 3.05) is 20.4 Å². The van der Waals surface area contributed by atoms with Gasteiger partial charge in [0.2, 0.25) is 0 Å². The largest absolute Gasteiger partial charge is 0.448 e. The van der Waals surface area contributed by atoms with Crippen LogP contribution in [-0.2, 0) is 14.3 Å². The second-order valence-electron chi connectivity index (χ2n) is 5.09. The number of alkyl carbamates (subject to hydrolysis) is 1. The Morgan fingerprint density at radius 1 is 1.44 bits per heavy atom. The third kappa shape index (κ3) is 2.27. The second kappa shape index (κ2) is 5.10. The van der Waals surface area contributed by atoms with Crippen molar-refractivity contribution in [1.82, 2.24) is 5.32 Å². The van der Waals surface area contributed by atoms with Gasteiger partial charge in [-0.05, 0) is 31.6 Å². The first kappa shape index (κ1) is 13.1. The van der Waals surface area contributed by atoms with Crippen LogP contribution in [0.15, 0.2) is 12.2 Å². The summed E-state index contributed by atoms with van der Waals surface area (Å²) in [6.07, 6.45) is 5.51. The van der Waals surface area contributed by atoms with Gasteiger partial charge >= 0.3 is 6.09 Å². The van der Waals surface area contributed by atoms with Crippen LogP contribution >= 0.6 is 0 Å². The highest BCUT2D eigenvalue weighted by Gasteiger charge is 2.52. The number of Topliss-reactive ketones (excluding diaryl/α,β-unsaturated/α-hetero) is 1. The highest BCUT2D eigenvalue weighted by atomic mass is 16.6. The SMILES string of the molecule is COCNC(=O)OC[C@]1(C(C)=O)C[C@@H]2C=C[C@H]1C2. The molecule has 0 radical (unpaired) electrons. The topological polar surface area (TPSA) is 64.6 Å². The van der Waals surface area contributed by atoms with Crippen LogP contribution in [0.2, 0.25) is 0 Å². The molecule has 3 atom stereocenters. The molecule has 0 heterocycles. The lowest BCUT2D eigenvalue weighted by molar-refractivity contribution is -0.130. The number of ether oxygens (including phenoxy) is 2. The molecule has 5 nitrogen and oxygen atoms in total. The summed E-state index contributed by atoms with van der Waals surface area (Å²) in [6, 6.07) is 0. The van der Waals surface area contributed by atoms with Crippen molar-refractivity contribution in [3.05, 3.63) is 12.2 Å². The minimum absolute atomic E-state index is 0.109. The minimum atomic E-state index is -0.538. The molecule has 0 aliphatic heterocycles. The average molecular weight is 253 g/mol. The Morgan fingerprint density at radius 2 is 2.22 bits per heavy atom. The van der Waals surface area contributed by atoms with Gasteiger partial charge in [-0.2, -0.15) is 0 Å². The van der Waals surface area contributed by atoms with Crippen LogP contribution in [0, 0.1) is 17.3 Å². The van der Waals surface area contributed by atoms with Crippen LogP contribution in [0.3, 0.4) is 0 Å². The summed E-state index contributed by atoms with van der Waals surface area (Å²) in [7, 11) is 1.48. The van der Waals surface area contributed by atoms with Gasteiger partial charge in [-0.1, -0.05) is 12.2 Å². The van der Waals surface area contributed by atoms with E-state index >= 15 is 0 Å². The standard InChI is InChI=1S/C13H19NO4/c1-9(15)13(6-10-3-4-11(13)5-10)7-18-12(16)14-8-17-2/h3-4,10-11H,5-8H2,1-2H3,(H,14,16)/t10-,11+,13+/m1/s1. The van der Waals surface area contributed by atoms with Crippen molar-refractivity contribution >= 4 is 11.9 Å². The molecule has 0 unspecified atom stereocenters. The molecule has 2 aliphatic rings. The van der Waals surface area contributed by atoms with E-state index in [1.54, 1.807) is 6.92 Å². The Morgan fingerprint density at radius 3 is 2.72 bits per heavy atom. The molecule has 0 aromatic rings. The van der Waals surface area contributed by atoms with Crippen molar-refractivity contribution in [3.63, 3.8) is 0 Å². The predicted molar refractivity (Wildman–Crippen MR) is 64.8 cm³/mol. The number of fused-ring (bicyclic) bond motifs is 2. The summed E-state index contributed by atoms with van der Waals surface area (Å²) in [5, 5.41) is 2.44. The molecular formula is C13H19NO4. The van der Waals surface area contributed by atoms with E-state index in [-0.39, 0.29) is 25.0 Å². The van der Waals surface area contributed by atoms with Gasteiger partial charge in [0, 0.05) is 7.11 Å². The first-order valence-corrected chi connectivity index (χ1v) is 6.17. The number of hydrogen-bond acceptors (Lipinski definition) is 4. The lowest BCUT2D eigenvalue weighted by atomic mass is 9.73. The molecule has 2 aliphatic carbocycles. The summed E-state index contributed by atoms with van der Waals surface area (Å²) in [6.45, 7) is 1.85. The highest BCUT2D eigenvalue weighted by molar-refractivity contribution is 5.84. The zero-order chi connectivity index (χ0) is 13.2. The molecule has 0 saturated heterocycles. The zero-order valence-electron chi connectivity index (χ0n) is 10.8. The van der Waals surface area contributed by atoms with Crippen LogP contribution in [0.1, 0.15) is 19.8 Å². The fourth-order valence-electron chi connectivity index (χ4n) is 3.00. The van der Waals surface area contributed by atoms with Gasteiger partial charge in [0.25, 0.3) is 0 Å². The van der Waals surface area contributed by atoms with Crippen LogP contribution < -0.4 is 5.32 Å². The lowest BCUT2D eigenvalue weighted by Gasteiger charge is -2.32. The second-order valence-corrected chi connectivity index (χ2v) is 5.09. The summed E-state index contributed by atoms with van der Waals surface area (Å²) in [5.74, 6) is 0.790. The quantitative estimate of drug-likeness (QED) is 0.595. The number of methoxy groups -OCH3 is 1. The van der Waals surface area contributed by atoms with E-state index in [9.17, 15) is 9.59 Å². The number of amides is 1. The number of allylic oxidation sites excluding steroid dienone is 2. The number of ketones is 1. The van der Waals surface area contributed by atoms with Crippen molar-refractivity contribution in [2.45, 2.75) is 19.8 Å². The molecule has 2 rings (SSSR count). The van der Waals surface area contributed by atoms with E-state index in [0.717, 1.165) is 12.8 Å².